The number of aliphatic hydroxyl groups excluding tert-OH is 1. The van der Waals surface area contributed by atoms with Crippen molar-refractivity contribution in [3.8, 4) is 5.75 Å². The van der Waals surface area contributed by atoms with Gasteiger partial charge in [-0.15, -0.1) is 0 Å². The maximum absolute atomic E-state index is 8.99. The van der Waals surface area contributed by atoms with Gasteiger partial charge in [0.1, 0.15) is 5.75 Å². The molecular formula is C15H26N2O2. The minimum atomic E-state index is 0.208. The lowest BCUT2D eigenvalue weighted by Gasteiger charge is -2.25. The van der Waals surface area contributed by atoms with Gasteiger partial charge in [0, 0.05) is 25.7 Å². The van der Waals surface area contributed by atoms with Crippen molar-refractivity contribution in [1.29, 1.82) is 0 Å². The minimum Gasteiger partial charge on any atom is -0.494 e. The minimum absolute atomic E-state index is 0.208. The molecule has 0 aromatic heterocycles. The van der Waals surface area contributed by atoms with Crippen LogP contribution in [0.25, 0.3) is 0 Å². The Bertz CT molecular complexity index is 339. The third kappa shape index (κ3) is 6.05. The standard InChI is InChI=1S/C15H26N2O2/c1-13(2)17(9-10-18)8-3-11-19-15-6-4-14(12-16)5-7-15/h4-7,13,18H,3,8-12,16H2,1-2H3. The van der Waals surface area contributed by atoms with Gasteiger partial charge in [0.2, 0.25) is 0 Å². The van der Waals surface area contributed by atoms with Crippen LogP contribution in [0.5, 0.6) is 5.75 Å². The van der Waals surface area contributed by atoms with Crippen LogP contribution >= 0.6 is 0 Å². The summed E-state index contributed by atoms with van der Waals surface area (Å²) < 4.78 is 5.68. The quantitative estimate of drug-likeness (QED) is 0.667. The van der Waals surface area contributed by atoms with E-state index < -0.39 is 0 Å². The van der Waals surface area contributed by atoms with E-state index in [-0.39, 0.29) is 6.61 Å². The normalized spacial score (nSPS) is 11.3. The van der Waals surface area contributed by atoms with Crippen LogP contribution in [0.2, 0.25) is 0 Å². The molecule has 0 aliphatic heterocycles. The highest BCUT2D eigenvalue weighted by Crippen LogP contribution is 2.12. The molecule has 0 heterocycles. The maximum Gasteiger partial charge on any atom is 0.119 e. The zero-order chi connectivity index (χ0) is 14.1. The first-order chi connectivity index (χ1) is 9.17. The van der Waals surface area contributed by atoms with E-state index in [1.165, 1.54) is 0 Å². The van der Waals surface area contributed by atoms with Crippen LogP contribution in [-0.4, -0.2) is 42.4 Å². The van der Waals surface area contributed by atoms with Crippen molar-refractivity contribution in [2.45, 2.75) is 32.9 Å². The summed E-state index contributed by atoms with van der Waals surface area (Å²) in [4.78, 5) is 2.25. The second kappa shape index (κ2) is 8.91. The number of nitrogens with zero attached hydrogens (tertiary/aromatic N) is 1. The van der Waals surface area contributed by atoms with Gasteiger partial charge in [-0.1, -0.05) is 12.1 Å². The van der Waals surface area contributed by atoms with E-state index >= 15 is 0 Å². The van der Waals surface area contributed by atoms with E-state index in [0.717, 1.165) is 30.8 Å². The van der Waals surface area contributed by atoms with E-state index in [9.17, 15) is 0 Å². The van der Waals surface area contributed by atoms with Crippen molar-refractivity contribution in [1.82, 2.24) is 4.90 Å². The summed E-state index contributed by atoms with van der Waals surface area (Å²) >= 11 is 0. The predicted octanol–water partition coefficient (Wildman–Crippen LogP) is 1.62. The zero-order valence-corrected chi connectivity index (χ0v) is 12.0. The molecule has 0 radical (unpaired) electrons. The first kappa shape index (κ1) is 16.0. The number of hydrogen-bond acceptors (Lipinski definition) is 4. The summed E-state index contributed by atoms with van der Waals surface area (Å²) in [5.74, 6) is 0.885. The number of hydrogen-bond donors (Lipinski definition) is 2. The van der Waals surface area contributed by atoms with Gasteiger partial charge in [-0.25, -0.2) is 0 Å². The van der Waals surface area contributed by atoms with E-state index in [1.807, 2.05) is 24.3 Å². The van der Waals surface area contributed by atoms with Crippen molar-refractivity contribution in [3.63, 3.8) is 0 Å². The lowest BCUT2D eigenvalue weighted by molar-refractivity contribution is 0.155. The first-order valence-corrected chi connectivity index (χ1v) is 6.94. The fourth-order valence-electron chi connectivity index (χ4n) is 1.94. The molecule has 0 aliphatic rings. The van der Waals surface area contributed by atoms with Crippen molar-refractivity contribution in [3.05, 3.63) is 29.8 Å². The number of nitrogens with two attached hydrogens (primary N) is 1. The largest absolute Gasteiger partial charge is 0.494 e. The van der Waals surface area contributed by atoms with Gasteiger partial charge in [-0.05, 0) is 38.0 Å². The smallest absolute Gasteiger partial charge is 0.119 e. The molecular weight excluding hydrogens is 240 g/mol. The lowest BCUT2D eigenvalue weighted by Crippen LogP contribution is -2.34. The zero-order valence-electron chi connectivity index (χ0n) is 12.0. The molecule has 0 atom stereocenters. The fourth-order valence-corrected chi connectivity index (χ4v) is 1.94. The van der Waals surface area contributed by atoms with E-state index in [4.69, 9.17) is 15.6 Å². The summed E-state index contributed by atoms with van der Waals surface area (Å²) in [7, 11) is 0. The number of rotatable bonds is 9. The average Bonchev–Trinajstić information content (AvgIpc) is 2.42. The van der Waals surface area contributed by atoms with Crippen LogP contribution in [0.3, 0.4) is 0 Å². The van der Waals surface area contributed by atoms with E-state index in [0.29, 0.717) is 19.2 Å². The van der Waals surface area contributed by atoms with Crippen molar-refractivity contribution < 1.29 is 9.84 Å². The van der Waals surface area contributed by atoms with Gasteiger partial charge in [0.25, 0.3) is 0 Å². The second-order valence-electron chi connectivity index (χ2n) is 4.90. The highest BCUT2D eigenvalue weighted by molar-refractivity contribution is 5.26. The molecule has 0 unspecified atom stereocenters. The molecule has 19 heavy (non-hydrogen) atoms. The molecule has 0 saturated heterocycles. The third-order valence-corrected chi connectivity index (χ3v) is 3.13. The van der Waals surface area contributed by atoms with Crippen molar-refractivity contribution in [2.75, 3.05) is 26.3 Å². The van der Waals surface area contributed by atoms with E-state index in [2.05, 4.69) is 18.7 Å². The second-order valence-corrected chi connectivity index (χ2v) is 4.90. The summed E-state index contributed by atoms with van der Waals surface area (Å²) in [6.45, 7) is 7.41. The fraction of sp³-hybridized carbons (Fsp3) is 0.600. The molecule has 0 fully saturated rings. The molecule has 4 nitrogen and oxygen atoms in total. The van der Waals surface area contributed by atoms with Gasteiger partial charge in [0.15, 0.2) is 0 Å². The SMILES string of the molecule is CC(C)N(CCO)CCCOc1ccc(CN)cc1. The van der Waals surface area contributed by atoms with Crippen LogP contribution in [-0.2, 0) is 6.54 Å². The van der Waals surface area contributed by atoms with Gasteiger partial charge in [0.05, 0.1) is 13.2 Å². The molecule has 1 aromatic rings. The molecule has 0 bridgehead atoms. The molecule has 0 spiro atoms. The van der Waals surface area contributed by atoms with Crippen molar-refractivity contribution >= 4 is 0 Å². The van der Waals surface area contributed by atoms with Gasteiger partial charge < -0.3 is 15.6 Å². The molecule has 0 saturated carbocycles. The molecule has 1 rings (SSSR count). The van der Waals surface area contributed by atoms with Crippen LogP contribution in [0.15, 0.2) is 24.3 Å². The Morgan fingerprint density at radius 1 is 1.21 bits per heavy atom. The summed E-state index contributed by atoms with van der Waals surface area (Å²) in [6.07, 6.45) is 0.955. The summed E-state index contributed by atoms with van der Waals surface area (Å²) in [5, 5.41) is 8.99. The number of aliphatic hydroxyl groups is 1. The maximum atomic E-state index is 8.99. The lowest BCUT2D eigenvalue weighted by atomic mass is 10.2. The van der Waals surface area contributed by atoms with Gasteiger partial charge in [-0.3, -0.25) is 4.90 Å². The molecule has 108 valence electrons. The summed E-state index contributed by atoms with van der Waals surface area (Å²) in [5.41, 5.74) is 6.66. The average molecular weight is 266 g/mol. The van der Waals surface area contributed by atoms with Crippen LogP contribution < -0.4 is 10.5 Å². The number of benzene rings is 1. The highest BCUT2D eigenvalue weighted by atomic mass is 16.5. The molecule has 0 aliphatic carbocycles. The Morgan fingerprint density at radius 3 is 2.42 bits per heavy atom. The molecule has 0 amide bonds. The first-order valence-electron chi connectivity index (χ1n) is 6.94. The summed E-state index contributed by atoms with van der Waals surface area (Å²) in [6, 6.07) is 8.34. The monoisotopic (exact) mass is 266 g/mol. The molecule has 3 N–H and O–H groups in total. The predicted molar refractivity (Wildman–Crippen MR) is 78.2 cm³/mol. The van der Waals surface area contributed by atoms with Crippen molar-refractivity contribution in [2.24, 2.45) is 5.73 Å². The third-order valence-electron chi connectivity index (χ3n) is 3.13. The topological polar surface area (TPSA) is 58.7 Å². The highest BCUT2D eigenvalue weighted by Gasteiger charge is 2.07. The Hall–Kier alpha value is -1.10. The molecule has 4 heteroatoms. The Kier molecular flexibility index (Phi) is 7.48. The Morgan fingerprint density at radius 2 is 1.89 bits per heavy atom. The van der Waals surface area contributed by atoms with E-state index in [1.54, 1.807) is 0 Å². The molecule has 1 aromatic carbocycles. The van der Waals surface area contributed by atoms with Crippen LogP contribution in [0, 0.1) is 0 Å². The van der Waals surface area contributed by atoms with Crippen LogP contribution in [0.1, 0.15) is 25.8 Å². The number of ether oxygens (including phenoxy) is 1. The van der Waals surface area contributed by atoms with Gasteiger partial charge >= 0.3 is 0 Å². The Labute approximate surface area is 116 Å². The van der Waals surface area contributed by atoms with Crippen LogP contribution in [0.4, 0.5) is 0 Å². The van der Waals surface area contributed by atoms with Gasteiger partial charge in [-0.2, -0.15) is 0 Å². The Balaban J connectivity index is 2.25.